The summed E-state index contributed by atoms with van der Waals surface area (Å²) in [7, 11) is -2.68. The summed E-state index contributed by atoms with van der Waals surface area (Å²) in [6.07, 6.45) is 3.18. The topological polar surface area (TPSA) is 21.6 Å². The van der Waals surface area contributed by atoms with Gasteiger partial charge in [-0.05, 0) is 41.0 Å². The molecule has 0 aromatic heterocycles. The molecule has 3 rings (SSSR count). The maximum absolute atomic E-state index is 6.97. The van der Waals surface area contributed by atoms with Crippen LogP contribution in [0.3, 0.4) is 0 Å². The summed E-state index contributed by atoms with van der Waals surface area (Å²) < 4.78 is 6.78. The monoisotopic (exact) mass is 441 g/mol. The molecule has 2 nitrogen and oxygen atoms in total. The SMILES string of the molecule is CC(C)(C)[C@@H]1CCC/C(=N\O[Si](c2ccccc2)(c2ccccc2)C(C)(C)C)[C@@H]1Cl. The minimum absolute atomic E-state index is 0.0723. The lowest BCUT2D eigenvalue weighted by Gasteiger charge is -2.41. The summed E-state index contributed by atoms with van der Waals surface area (Å²) in [5.74, 6) is 0.412. The van der Waals surface area contributed by atoms with E-state index in [1.54, 1.807) is 0 Å². The van der Waals surface area contributed by atoms with Gasteiger partial charge in [-0.15, -0.1) is 16.8 Å². The summed E-state index contributed by atoms with van der Waals surface area (Å²) in [4.78, 5) is 0. The fourth-order valence-corrected chi connectivity index (χ4v) is 9.52. The van der Waals surface area contributed by atoms with Gasteiger partial charge in [0, 0.05) is 5.04 Å². The van der Waals surface area contributed by atoms with Crippen molar-refractivity contribution in [1.29, 1.82) is 0 Å². The van der Waals surface area contributed by atoms with Crippen LogP contribution in [0.5, 0.6) is 0 Å². The predicted octanol–water partition coefficient (Wildman–Crippen LogP) is 6.37. The molecule has 4 heteroatoms. The van der Waals surface area contributed by atoms with Crippen LogP contribution >= 0.6 is 11.6 Å². The number of benzene rings is 2. The fourth-order valence-electron chi connectivity index (χ4n) is 4.74. The molecule has 0 heterocycles. The molecule has 0 aliphatic heterocycles. The summed E-state index contributed by atoms with van der Waals surface area (Å²) in [5, 5.41) is 7.17. The van der Waals surface area contributed by atoms with E-state index in [-0.39, 0.29) is 15.8 Å². The third-order valence-electron chi connectivity index (χ3n) is 6.45. The quantitative estimate of drug-likeness (QED) is 0.306. The Kier molecular flexibility index (Phi) is 6.83. The van der Waals surface area contributed by atoms with Crippen molar-refractivity contribution in [3.05, 3.63) is 60.7 Å². The molecule has 0 bridgehead atoms. The number of alkyl halides is 1. The van der Waals surface area contributed by atoms with E-state index in [9.17, 15) is 0 Å². The normalized spacial score (nSPS) is 22.2. The van der Waals surface area contributed by atoms with Gasteiger partial charge in [0.05, 0.1) is 11.1 Å². The highest BCUT2D eigenvalue weighted by Crippen LogP contribution is 2.41. The molecule has 2 aromatic carbocycles. The molecule has 0 N–H and O–H groups in total. The van der Waals surface area contributed by atoms with Gasteiger partial charge in [0.15, 0.2) is 0 Å². The largest absolute Gasteiger partial charge is 0.443 e. The summed E-state index contributed by atoms with van der Waals surface area (Å²) in [5.41, 5.74) is 1.17. The zero-order chi connectivity index (χ0) is 22.0. The maximum atomic E-state index is 6.97. The Bertz CT molecular complexity index is 813. The zero-order valence-corrected chi connectivity index (χ0v) is 21.0. The average Bonchev–Trinajstić information content (AvgIpc) is 2.69. The summed E-state index contributed by atoms with van der Waals surface area (Å²) >= 11 is 6.97. The van der Waals surface area contributed by atoms with Crippen LogP contribution in [0.1, 0.15) is 60.8 Å². The van der Waals surface area contributed by atoms with Gasteiger partial charge in [-0.3, -0.25) is 0 Å². The van der Waals surface area contributed by atoms with Crippen LogP contribution in [-0.4, -0.2) is 19.4 Å². The van der Waals surface area contributed by atoms with Crippen molar-refractivity contribution in [2.24, 2.45) is 16.5 Å². The minimum atomic E-state index is -2.68. The molecule has 0 radical (unpaired) electrons. The van der Waals surface area contributed by atoms with Crippen LogP contribution in [0, 0.1) is 11.3 Å². The van der Waals surface area contributed by atoms with Crippen LogP contribution in [0.25, 0.3) is 0 Å². The van der Waals surface area contributed by atoms with Crippen molar-refractivity contribution >= 4 is 36.0 Å². The van der Waals surface area contributed by atoms with Gasteiger partial charge < -0.3 is 4.53 Å². The lowest BCUT2D eigenvalue weighted by molar-refractivity contribution is 0.219. The van der Waals surface area contributed by atoms with Gasteiger partial charge in [-0.2, -0.15) is 0 Å². The van der Waals surface area contributed by atoms with E-state index >= 15 is 0 Å². The van der Waals surface area contributed by atoms with Crippen molar-refractivity contribution in [3.8, 4) is 0 Å². The van der Waals surface area contributed by atoms with Crippen molar-refractivity contribution in [1.82, 2.24) is 0 Å². The molecule has 2 atom stereocenters. The number of hydrogen-bond donors (Lipinski definition) is 0. The second kappa shape index (κ2) is 8.88. The third kappa shape index (κ3) is 4.52. The molecule has 0 spiro atoms. The Hall–Kier alpha value is -1.58. The molecule has 1 aliphatic rings. The molecule has 1 fully saturated rings. The number of halogens is 1. The van der Waals surface area contributed by atoms with Crippen molar-refractivity contribution in [2.75, 3.05) is 0 Å². The first-order valence-electron chi connectivity index (χ1n) is 11.1. The highest BCUT2D eigenvalue weighted by molar-refractivity contribution is 6.99. The Morgan fingerprint density at radius 1 is 0.867 bits per heavy atom. The van der Waals surface area contributed by atoms with Crippen LogP contribution in [0.2, 0.25) is 5.04 Å². The van der Waals surface area contributed by atoms with E-state index in [2.05, 4.69) is 102 Å². The fraction of sp³-hybridized carbons (Fsp3) is 0.500. The first-order valence-corrected chi connectivity index (χ1v) is 13.4. The average molecular weight is 442 g/mol. The number of oxime groups is 1. The highest BCUT2D eigenvalue weighted by atomic mass is 35.5. The molecule has 1 saturated carbocycles. The number of hydrogen-bond acceptors (Lipinski definition) is 2. The van der Waals surface area contributed by atoms with Crippen LogP contribution < -0.4 is 10.4 Å². The van der Waals surface area contributed by atoms with Gasteiger partial charge in [0.1, 0.15) is 0 Å². The first-order chi connectivity index (χ1) is 14.1. The Morgan fingerprint density at radius 3 is 1.80 bits per heavy atom. The molecule has 0 amide bonds. The Labute approximate surface area is 188 Å². The zero-order valence-electron chi connectivity index (χ0n) is 19.3. The Morgan fingerprint density at radius 2 is 1.37 bits per heavy atom. The lowest BCUT2D eigenvalue weighted by Crippen LogP contribution is -2.66. The number of rotatable bonds is 4. The van der Waals surface area contributed by atoms with Gasteiger partial charge in [0.2, 0.25) is 0 Å². The molecule has 1 aliphatic carbocycles. The predicted molar refractivity (Wildman–Crippen MR) is 133 cm³/mol. The van der Waals surface area contributed by atoms with Crippen LogP contribution in [0.15, 0.2) is 65.8 Å². The second-order valence-corrected chi connectivity index (χ2v) is 15.3. The minimum Gasteiger partial charge on any atom is -0.443 e. The summed E-state index contributed by atoms with van der Waals surface area (Å²) in [6.45, 7) is 13.7. The smallest absolute Gasteiger partial charge is 0.354 e. The van der Waals surface area contributed by atoms with E-state index in [0.717, 1.165) is 25.0 Å². The first kappa shape index (κ1) is 23.1. The molecular weight excluding hydrogens is 406 g/mol. The summed E-state index contributed by atoms with van der Waals surface area (Å²) in [6, 6.07) is 21.3. The third-order valence-corrected chi connectivity index (χ3v) is 11.8. The van der Waals surface area contributed by atoms with Gasteiger partial charge >= 0.3 is 8.32 Å². The van der Waals surface area contributed by atoms with E-state index in [0.29, 0.717) is 5.92 Å². The molecule has 0 saturated heterocycles. The van der Waals surface area contributed by atoms with E-state index < -0.39 is 8.32 Å². The van der Waals surface area contributed by atoms with E-state index in [1.165, 1.54) is 10.4 Å². The van der Waals surface area contributed by atoms with Crippen molar-refractivity contribution < 1.29 is 4.53 Å². The lowest BCUT2D eigenvalue weighted by atomic mass is 9.71. The maximum Gasteiger partial charge on any atom is 0.354 e. The van der Waals surface area contributed by atoms with E-state index in [1.807, 2.05) is 0 Å². The van der Waals surface area contributed by atoms with Crippen molar-refractivity contribution in [2.45, 2.75) is 71.2 Å². The molecule has 2 aromatic rings. The van der Waals surface area contributed by atoms with Gasteiger partial charge in [0.25, 0.3) is 0 Å². The van der Waals surface area contributed by atoms with Crippen LogP contribution in [-0.2, 0) is 4.53 Å². The molecule has 30 heavy (non-hydrogen) atoms. The second-order valence-electron chi connectivity index (χ2n) is 10.6. The number of nitrogens with zero attached hydrogens (tertiary/aromatic N) is 1. The highest BCUT2D eigenvalue weighted by Gasteiger charge is 2.53. The van der Waals surface area contributed by atoms with Gasteiger partial charge in [-0.1, -0.05) is 102 Å². The Balaban J connectivity index is 2.09. The van der Waals surface area contributed by atoms with Gasteiger partial charge in [-0.25, -0.2) is 0 Å². The molecule has 0 unspecified atom stereocenters. The molecule has 162 valence electrons. The molecular formula is C26H36ClNOSi. The van der Waals surface area contributed by atoms with E-state index in [4.69, 9.17) is 21.3 Å². The standard InChI is InChI=1S/C26H36ClNOSi/c1-25(2,3)22-18-13-19-23(24(22)27)28-29-30(26(4,5)6,20-14-9-7-10-15-20)21-16-11-8-12-17-21/h7-12,14-17,22,24H,13,18-19H2,1-6H3/b28-23+/t22-,24-/m1/s1. The van der Waals surface area contributed by atoms with Crippen LogP contribution in [0.4, 0.5) is 0 Å². The van der Waals surface area contributed by atoms with Crippen molar-refractivity contribution in [3.63, 3.8) is 0 Å².